The lowest BCUT2D eigenvalue weighted by molar-refractivity contribution is 0.0778. The molecular formula is C19H20F2N2O3S. The van der Waals surface area contributed by atoms with Crippen molar-refractivity contribution >= 4 is 21.6 Å². The number of carbonyl (C=O) groups excluding carboxylic acids is 1. The van der Waals surface area contributed by atoms with Gasteiger partial charge < -0.3 is 4.90 Å². The van der Waals surface area contributed by atoms with Gasteiger partial charge in [0.15, 0.2) is 11.6 Å². The third-order valence-electron chi connectivity index (χ3n) is 3.72. The van der Waals surface area contributed by atoms with E-state index in [1.165, 1.54) is 24.3 Å². The van der Waals surface area contributed by atoms with Crippen LogP contribution in [-0.2, 0) is 10.0 Å². The molecule has 5 nitrogen and oxygen atoms in total. The molecule has 0 aliphatic heterocycles. The van der Waals surface area contributed by atoms with Crippen LogP contribution in [0.25, 0.3) is 0 Å². The van der Waals surface area contributed by atoms with Gasteiger partial charge in [-0.3, -0.25) is 9.52 Å². The predicted octanol–water partition coefficient (Wildman–Crippen LogP) is 3.80. The number of halogens is 2. The molecule has 0 aliphatic rings. The van der Waals surface area contributed by atoms with Crippen molar-refractivity contribution in [3.8, 4) is 0 Å². The summed E-state index contributed by atoms with van der Waals surface area (Å²) in [7, 11) is -4.09. The average Bonchev–Trinajstić information content (AvgIpc) is 2.61. The van der Waals surface area contributed by atoms with Crippen LogP contribution in [0, 0.1) is 11.6 Å². The minimum Gasteiger partial charge on any atom is -0.335 e. The number of likely N-dealkylation sites (N-methyl/N-ethyl adjacent to an activating group) is 1. The lowest BCUT2D eigenvalue weighted by atomic mass is 10.1. The fourth-order valence-electron chi connectivity index (χ4n) is 2.37. The zero-order valence-corrected chi connectivity index (χ0v) is 15.8. The van der Waals surface area contributed by atoms with Crippen molar-refractivity contribution < 1.29 is 22.0 Å². The Morgan fingerprint density at radius 1 is 1.11 bits per heavy atom. The molecule has 2 aromatic carbocycles. The summed E-state index contributed by atoms with van der Waals surface area (Å²) in [5.41, 5.74) is 1.44. The molecule has 1 amide bonds. The maximum atomic E-state index is 13.3. The van der Waals surface area contributed by atoms with Crippen LogP contribution in [-0.4, -0.2) is 32.3 Å². The summed E-state index contributed by atoms with van der Waals surface area (Å²) >= 11 is 0. The van der Waals surface area contributed by atoms with E-state index in [0.29, 0.717) is 24.7 Å². The normalized spacial score (nSPS) is 11.1. The van der Waals surface area contributed by atoms with Crippen LogP contribution < -0.4 is 4.72 Å². The van der Waals surface area contributed by atoms with Crippen molar-refractivity contribution in [3.05, 3.63) is 71.8 Å². The summed E-state index contributed by atoms with van der Waals surface area (Å²) in [6, 6.07) is 8.16. The van der Waals surface area contributed by atoms with E-state index in [4.69, 9.17) is 0 Å². The molecule has 0 bridgehead atoms. The molecule has 1 N–H and O–H groups in total. The number of nitrogens with one attached hydrogen (secondary N) is 1. The number of carbonyl (C=O) groups is 1. The Balaban J connectivity index is 2.18. The molecule has 0 radical (unpaired) electrons. The van der Waals surface area contributed by atoms with E-state index in [-0.39, 0.29) is 11.6 Å². The molecule has 0 saturated heterocycles. The second kappa shape index (κ2) is 8.30. The Labute approximate surface area is 157 Å². The first-order valence-corrected chi connectivity index (χ1v) is 9.64. The van der Waals surface area contributed by atoms with Crippen LogP contribution in [0.5, 0.6) is 0 Å². The minimum absolute atomic E-state index is 0.194. The highest BCUT2D eigenvalue weighted by Gasteiger charge is 2.18. The number of rotatable bonds is 7. The van der Waals surface area contributed by atoms with Crippen LogP contribution in [0.2, 0.25) is 0 Å². The van der Waals surface area contributed by atoms with E-state index in [1.54, 1.807) is 4.90 Å². The summed E-state index contributed by atoms with van der Waals surface area (Å²) in [5, 5.41) is 0. The van der Waals surface area contributed by atoms with E-state index in [1.807, 2.05) is 13.8 Å². The summed E-state index contributed by atoms with van der Waals surface area (Å²) in [4.78, 5) is 13.7. The summed E-state index contributed by atoms with van der Waals surface area (Å²) in [5.74, 6) is -2.58. The number of hydrogen-bond donors (Lipinski definition) is 1. The first-order valence-electron chi connectivity index (χ1n) is 8.15. The van der Waals surface area contributed by atoms with Gasteiger partial charge in [-0.1, -0.05) is 12.2 Å². The van der Waals surface area contributed by atoms with E-state index < -0.39 is 26.6 Å². The van der Waals surface area contributed by atoms with Gasteiger partial charge in [0, 0.05) is 24.3 Å². The molecule has 0 aromatic heterocycles. The number of benzene rings is 2. The third kappa shape index (κ3) is 5.13. The number of anilines is 1. The van der Waals surface area contributed by atoms with E-state index in [9.17, 15) is 22.0 Å². The van der Waals surface area contributed by atoms with Crippen molar-refractivity contribution in [1.82, 2.24) is 4.90 Å². The number of amides is 1. The Morgan fingerprint density at radius 3 is 2.26 bits per heavy atom. The fourth-order valence-corrected chi connectivity index (χ4v) is 3.44. The van der Waals surface area contributed by atoms with Gasteiger partial charge in [0.25, 0.3) is 15.9 Å². The summed E-state index contributed by atoms with van der Waals surface area (Å²) in [6.45, 7) is 8.41. The van der Waals surface area contributed by atoms with Gasteiger partial charge in [-0.15, -0.1) is 0 Å². The molecule has 8 heteroatoms. The average molecular weight is 394 g/mol. The number of nitrogens with zero attached hydrogens (tertiary/aromatic N) is 1. The quantitative estimate of drug-likeness (QED) is 0.727. The molecule has 27 heavy (non-hydrogen) atoms. The summed E-state index contributed by atoms with van der Waals surface area (Å²) in [6.07, 6.45) is 0. The van der Waals surface area contributed by atoms with Gasteiger partial charge >= 0.3 is 0 Å². The Hall–Kier alpha value is -2.74. The Kier molecular flexibility index (Phi) is 6.32. The lowest BCUT2D eigenvalue weighted by Gasteiger charge is -2.21. The topological polar surface area (TPSA) is 66.5 Å². The smallest absolute Gasteiger partial charge is 0.261 e. The van der Waals surface area contributed by atoms with Gasteiger partial charge in [0.1, 0.15) is 0 Å². The zero-order chi connectivity index (χ0) is 20.2. The van der Waals surface area contributed by atoms with E-state index in [2.05, 4.69) is 11.3 Å². The van der Waals surface area contributed by atoms with Crippen LogP contribution in [0.4, 0.5) is 14.5 Å². The van der Waals surface area contributed by atoms with Crippen molar-refractivity contribution in [2.75, 3.05) is 17.8 Å². The molecule has 2 rings (SSSR count). The predicted molar refractivity (Wildman–Crippen MR) is 100 cm³/mol. The third-order valence-corrected chi connectivity index (χ3v) is 5.09. The van der Waals surface area contributed by atoms with Gasteiger partial charge in [-0.05, 0) is 56.3 Å². The SMILES string of the molecule is C=C(C)CN(CC)C(=O)c1ccc(NS(=O)(=O)c2ccc(F)c(F)c2)cc1. The van der Waals surface area contributed by atoms with Crippen molar-refractivity contribution in [3.63, 3.8) is 0 Å². The zero-order valence-electron chi connectivity index (χ0n) is 15.0. The molecule has 0 heterocycles. The minimum atomic E-state index is -4.09. The van der Waals surface area contributed by atoms with Crippen molar-refractivity contribution in [2.45, 2.75) is 18.7 Å². The molecule has 0 fully saturated rings. The highest BCUT2D eigenvalue weighted by atomic mass is 32.2. The summed E-state index contributed by atoms with van der Waals surface area (Å²) < 4.78 is 53.1. The van der Waals surface area contributed by atoms with Crippen molar-refractivity contribution in [1.29, 1.82) is 0 Å². The monoisotopic (exact) mass is 394 g/mol. The molecule has 2 aromatic rings. The Bertz CT molecular complexity index is 957. The molecule has 144 valence electrons. The molecular weight excluding hydrogens is 374 g/mol. The largest absolute Gasteiger partial charge is 0.335 e. The second-order valence-corrected chi connectivity index (χ2v) is 7.72. The second-order valence-electron chi connectivity index (χ2n) is 6.04. The molecule has 0 spiro atoms. The number of hydrogen-bond acceptors (Lipinski definition) is 3. The van der Waals surface area contributed by atoms with Crippen LogP contribution >= 0.6 is 0 Å². The van der Waals surface area contributed by atoms with Gasteiger partial charge in [-0.2, -0.15) is 0 Å². The number of sulfonamides is 1. The maximum Gasteiger partial charge on any atom is 0.261 e. The molecule has 0 saturated carbocycles. The van der Waals surface area contributed by atoms with Crippen molar-refractivity contribution in [2.24, 2.45) is 0 Å². The standard InChI is InChI=1S/C19H20F2N2O3S/c1-4-23(12-13(2)3)19(24)14-5-7-15(8-6-14)22-27(25,26)16-9-10-17(20)18(21)11-16/h5-11,22H,2,4,12H2,1,3H3. The van der Waals surface area contributed by atoms with E-state index in [0.717, 1.165) is 17.7 Å². The lowest BCUT2D eigenvalue weighted by Crippen LogP contribution is -2.32. The molecule has 0 unspecified atom stereocenters. The highest BCUT2D eigenvalue weighted by molar-refractivity contribution is 7.92. The van der Waals surface area contributed by atoms with Crippen LogP contribution in [0.15, 0.2) is 59.5 Å². The van der Waals surface area contributed by atoms with Crippen LogP contribution in [0.1, 0.15) is 24.2 Å². The van der Waals surface area contributed by atoms with Gasteiger partial charge in [-0.25, -0.2) is 17.2 Å². The molecule has 0 aliphatic carbocycles. The first-order chi connectivity index (χ1) is 12.6. The molecule has 0 atom stereocenters. The van der Waals surface area contributed by atoms with Gasteiger partial charge in [0.2, 0.25) is 0 Å². The van der Waals surface area contributed by atoms with E-state index >= 15 is 0 Å². The van der Waals surface area contributed by atoms with Gasteiger partial charge in [0.05, 0.1) is 4.90 Å². The highest BCUT2D eigenvalue weighted by Crippen LogP contribution is 2.19. The first kappa shape index (κ1) is 20.6. The maximum absolute atomic E-state index is 13.3. The Morgan fingerprint density at radius 2 is 1.74 bits per heavy atom. The fraction of sp³-hybridized carbons (Fsp3) is 0.211. The van der Waals surface area contributed by atoms with Crippen LogP contribution in [0.3, 0.4) is 0 Å².